The summed E-state index contributed by atoms with van der Waals surface area (Å²) in [6, 6.07) is 0.403. The molecule has 18 heavy (non-hydrogen) atoms. The van der Waals surface area contributed by atoms with E-state index in [1.165, 1.54) is 5.69 Å². The van der Waals surface area contributed by atoms with Gasteiger partial charge in [-0.15, -0.1) is 0 Å². The summed E-state index contributed by atoms with van der Waals surface area (Å²) in [7, 11) is 1.73. The molecule has 104 valence electrons. The molecule has 0 aromatic carbocycles. The van der Waals surface area contributed by atoms with Gasteiger partial charge in [0.1, 0.15) is 0 Å². The smallest absolute Gasteiger partial charge is 0.0635 e. The zero-order chi connectivity index (χ0) is 13.5. The molecule has 0 aliphatic carbocycles. The lowest BCUT2D eigenvalue weighted by Gasteiger charge is -2.16. The highest BCUT2D eigenvalue weighted by Gasteiger charge is 2.14. The maximum absolute atomic E-state index is 5.02. The molecule has 1 atom stereocenters. The first-order valence-corrected chi connectivity index (χ1v) is 7.27. The van der Waals surface area contributed by atoms with Gasteiger partial charge < -0.3 is 10.1 Å². The van der Waals surface area contributed by atoms with Gasteiger partial charge in [-0.1, -0.05) is 6.92 Å². The summed E-state index contributed by atoms with van der Waals surface area (Å²) >= 11 is 3.58. The first-order valence-electron chi connectivity index (χ1n) is 6.47. The Balaban J connectivity index is 2.48. The van der Waals surface area contributed by atoms with Crippen molar-refractivity contribution in [1.29, 1.82) is 0 Å². The minimum atomic E-state index is 0.403. The Morgan fingerprint density at radius 3 is 2.78 bits per heavy atom. The van der Waals surface area contributed by atoms with Gasteiger partial charge in [-0.25, -0.2) is 0 Å². The molecule has 0 bridgehead atoms. The van der Waals surface area contributed by atoms with E-state index in [0.29, 0.717) is 12.0 Å². The average Bonchev–Trinajstić information content (AvgIpc) is 2.67. The largest absolute Gasteiger partial charge is 0.383 e. The summed E-state index contributed by atoms with van der Waals surface area (Å²) in [6.45, 7) is 9.24. The molecule has 4 nitrogen and oxygen atoms in total. The molecular weight excluding hydrogens is 294 g/mol. The van der Waals surface area contributed by atoms with Gasteiger partial charge in [-0.05, 0) is 48.7 Å². The van der Waals surface area contributed by atoms with Gasteiger partial charge in [0.15, 0.2) is 0 Å². The second-order valence-electron chi connectivity index (χ2n) is 4.98. The first kappa shape index (κ1) is 15.7. The van der Waals surface area contributed by atoms with Crippen molar-refractivity contribution in [3.05, 3.63) is 16.4 Å². The van der Waals surface area contributed by atoms with E-state index in [9.17, 15) is 0 Å². The Kier molecular flexibility index (Phi) is 6.89. The fraction of sp³-hybridized carbons (Fsp3) is 0.769. The second kappa shape index (κ2) is 7.92. The topological polar surface area (TPSA) is 39.1 Å². The third kappa shape index (κ3) is 4.71. The third-order valence-corrected chi connectivity index (χ3v) is 3.52. The Bertz CT molecular complexity index is 352. The van der Waals surface area contributed by atoms with E-state index in [1.807, 2.05) is 6.20 Å². The number of nitrogens with one attached hydrogen (secondary N) is 1. The van der Waals surface area contributed by atoms with Crippen molar-refractivity contribution in [3.63, 3.8) is 0 Å². The van der Waals surface area contributed by atoms with E-state index in [2.05, 4.69) is 51.8 Å². The van der Waals surface area contributed by atoms with Gasteiger partial charge in [-0.2, -0.15) is 5.10 Å². The molecule has 1 N–H and O–H groups in total. The molecule has 0 fully saturated rings. The van der Waals surface area contributed by atoms with Gasteiger partial charge in [0.05, 0.1) is 23.0 Å². The van der Waals surface area contributed by atoms with Crippen LogP contribution in [0.2, 0.25) is 0 Å². The zero-order valence-corrected chi connectivity index (χ0v) is 13.3. The van der Waals surface area contributed by atoms with E-state index >= 15 is 0 Å². The van der Waals surface area contributed by atoms with Crippen molar-refractivity contribution < 1.29 is 4.74 Å². The van der Waals surface area contributed by atoms with Crippen LogP contribution in [-0.2, 0) is 11.2 Å². The van der Waals surface area contributed by atoms with Crippen LogP contribution in [0, 0.1) is 5.92 Å². The number of rotatable bonds is 8. The fourth-order valence-electron chi connectivity index (χ4n) is 1.93. The minimum Gasteiger partial charge on any atom is -0.383 e. The number of ether oxygens (including phenoxy) is 1. The maximum atomic E-state index is 5.02. The van der Waals surface area contributed by atoms with Crippen molar-refractivity contribution in [2.75, 3.05) is 26.8 Å². The molecule has 5 heteroatoms. The highest BCUT2D eigenvalue weighted by atomic mass is 79.9. The lowest BCUT2D eigenvalue weighted by Crippen LogP contribution is -2.26. The molecule has 0 amide bonds. The number of aromatic nitrogens is 2. The summed E-state index contributed by atoms with van der Waals surface area (Å²) in [5, 5.41) is 7.80. The molecule has 0 saturated carbocycles. The molecule has 0 spiro atoms. The van der Waals surface area contributed by atoms with Crippen molar-refractivity contribution in [2.24, 2.45) is 5.92 Å². The molecule has 1 aromatic heterocycles. The summed E-state index contributed by atoms with van der Waals surface area (Å²) < 4.78 is 8.22. The average molecular weight is 318 g/mol. The maximum Gasteiger partial charge on any atom is 0.0635 e. The van der Waals surface area contributed by atoms with Crippen LogP contribution in [0.1, 0.15) is 32.5 Å². The number of methoxy groups -OCH3 is 1. The molecule has 0 radical (unpaired) electrons. The minimum absolute atomic E-state index is 0.403. The first-order chi connectivity index (χ1) is 8.56. The number of nitrogens with zero attached hydrogens (tertiary/aromatic N) is 2. The van der Waals surface area contributed by atoms with Gasteiger partial charge in [-0.3, -0.25) is 4.68 Å². The fourth-order valence-corrected chi connectivity index (χ4v) is 2.36. The molecule has 1 rings (SSSR count). The van der Waals surface area contributed by atoms with Crippen LogP contribution in [0.4, 0.5) is 0 Å². The van der Waals surface area contributed by atoms with Crippen molar-refractivity contribution >= 4 is 15.9 Å². The number of halogens is 1. The Morgan fingerprint density at radius 1 is 1.44 bits per heavy atom. The Hall–Kier alpha value is -0.390. The van der Waals surface area contributed by atoms with E-state index in [1.54, 1.807) is 7.11 Å². The van der Waals surface area contributed by atoms with Crippen LogP contribution >= 0.6 is 15.9 Å². The molecule has 1 heterocycles. The summed E-state index contributed by atoms with van der Waals surface area (Å²) in [5.41, 5.74) is 1.28. The van der Waals surface area contributed by atoms with Gasteiger partial charge in [0, 0.05) is 19.7 Å². The quantitative estimate of drug-likeness (QED) is 0.749. The van der Waals surface area contributed by atoms with Gasteiger partial charge in [0.2, 0.25) is 0 Å². The SMILES string of the molecule is COCCNCC(C)Cc1c(Br)cnn1C(C)C. The van der Waals surface area contributed by atoms with Crippen LogP contribution < -0.4 is 5.32 Å². The zero-order valence-electron chi connectivity index (χ0n) is 11.7. The molecule has 0 aliphatic heterocycles. The summed E-state index contributed by atoms with van der Waals surface area (Å²) in [4.78, 5) is 0. The standard InChI is InChI=1S/C13H24BrN3O/c1-10(2)17-13(12(14)9-16-17)7-11(3)8-15-5-6-18-4/h9-11,15H,5-8H2,1-4H3. The predicted molar refractivity (Wildman–Crippen MR) is 77.9 cm³/mol. The third-order valence-electron chi connectivity index (χ3n) is 2.85. The van der Waals surface area contributed by atoms with Crippen LogP contribution in [0.5, 0.6) is 0 Å². The van der Waals surface area contributed by atoms with Crippen molar-refractivity contribution in [2.45, 2.75) is 33.2 Å². The predicted octanol–water partition coefficient (Wildman–Crippen LogP) is 2.64. The molecular formula is C13H24BrN3O. The number of hydrogen-bond donors (Lipinski definition) is 1. The van der Waals surface area contributed by atoms with Crippen LogP contribution in [0.3, 0.4) is 0 Å². The van der Waals surface area contributed by atoms with E-state index in [0.717, 1.165) is 30.6 Å². The van der Waals surface area contributed by atoms with Gasteiger partial charge in [0.25, 0.3) is 0 Å². The van der Waals surface area contributed by atoms with Crippen LogP contribution in [0.25, 0.3) is 0 Å². The monoisotopic (exact) mass is 317 g/mol. The highest BCUT2D eigenvalue weighted by Crippen LogP contribution is 2.22. The van der Waals surface area contributed by atoms with E-state index < -0.39 is 0 Å². The lowest BCUT2D eigenvalue weighted by molar-refractivity contribution is 0.198. The second-order valence-corrected chi connectivity index (χ2v) is 5.84. The molecule has 1 aromatic rings. The van der Waals surface area contributed by atoms with Crippen LogP contribution in [-0.4, -0.2) is 36.6 Å². The number of hydrogen-bond acceptors (Lipinski definition) is 3. The van der Waals surface area contributed by atoms with Crippen LogP contribution in [0.15, 0.2) is 10.7 Å². The van der Waals surface area contributed by atoms with Crippen molar-refractivity contribution in [3.8, 4) is 0 Å². The Morgan fingerprint density at radius 2 is 2.17 bits per heavy atom. The molecule has 1 unspecified atom stereocenters. The summed E-state index contributed by atoms with van der Waals surface area (Å²) in [6.07, 6.45) is 2.92. The Labute approximate surface area is 118 Å². The molecule has 0 aliphatic rings. The van der Waals surface area contributed by atoms with E-state index in [4.69, 9.17) is 4.74 Å². The normalized spacial score (nSPS) is 13.2. The lowest BCUT2D eigenvalue weighted by atomic mass is 10.1. The summed E-state index contributed by atoms with van der Waals surface area (Å²) in [5.74, 6) is 0.576. The van der Waals surface area contributed by atoms with Crippen molar-refractivity contribution in [1.82, 2.24) is 15.1 Å². The van der Waals surface area contributed by atoms with Gasteiger partial charge >= 0.3 is 0 Å². The van der Waals surface area contributed by atoms with E-state index in [-0.39, 0.29) is 0 Å². The highest BCUT2D eigenvalue weighted by molar-refractivity contribution is 9.10. The molecule has 0 saturated heterocycles.